The van der Waals surface area contributed by atoms with Crippen LogP contribution in [0.4, 0.5) is 0 Å². The minimum absolute atomic E-state index is 0.0181. The van der Waals surface area contributed by atoms with Crippen LogP contribution in [-0.4, -0.2) is 24.9 Å². The quantitative estimate of drug-likeness (QED) is 0.876. The number of halogens is 2. The molecule has 2 atom stereocenters. The summed E-state index contributed by atoms with van der Waals surface area (Å²) in [5.41, 5.74) is 0.939. The molecule has 108 valence electrons. The zero-order valence-corrected chi connectivity index (χ0v) is 12.6. The molecule has 6 heteroatoms. The molecule has 0 bridgehead atoms. The third kappa shape index (κ3) is 3.64. The van der Waals surface area contributed by atoms with E-state index < -0.39 is 0 Å². The summed E-state index contributed by atoms with van der Waals surface area (Å²) in [6, 6.07) is 5.30. The minimum Gasteiger partial charge on any atom is -0.355 e. The van der Waals surface area contributed by atoms with Gasteiger partial charge in [0.25, 0.3) is 0 Å². The molecule has 2 rings (SSSR count). The summed E-state index contributed by atoms with van der Waals surface area (Å²) in [5.74, 6) is -0.271. The number of likely N-dealkylation sites (N-methyl/N-ethyl adjacent to an activating group) is 1. The van der Waals surface area contributed by atoms with E-state index in [0.29, 0.717) is 16.6 Å². The Kier molecular flexibility index (Phi) is 4.89. The Bertz CT molecular complexity index is 534. The smallest absolute Gasteiger partial charge is 0.239 e. The monoisotopic (exact) mass is 314 g/mol. The molecule has 20 heavy (non-hydrogen) atoms. The third-order valence-corrected chi connectivity index (χ3v) is 3.85. The van der Waals surface area contributed by atoms with Crippen molar-refractivity contribution in [1.82, 2.24) is 10.6 Å². The molecule has 1 aromatic carbocycles. The second kappa shape index (κ2) is 6.46. The molecule has 0 aromatic heterocycles. The van der Waals surface area contributed by atoms with Gasteiger partial charge in [-0.05, 0) is 37.0 Å². The molecule has 0 radical (unpaired) electrons. The Morgan fingerprint density at radius 3 is 2.70 bits per heavy atom. The van der Waals surface area contributed by atoms with Crippen molar-refractivity contribution in [3.05, 3.63) is 33.8 Å². The standard InChI is InChI=1S/C14H16Cl2N2O2/c1-2-17-13(19)7-18-14(20)11-6-10(11)9-4-3-8(15)5-12(9)16/h3-5,10-11H,2,6-7H2,1H3,(H,17,19)(H,18,20)/t10-,11+/m1/s1. The summed E-state index contributed by atoms with van der Waals surface area (Å²) in [4.78, 5) is 23.2. The molecule has 2 N–H and O–H groups in total. The fourth-order valence-corrected chi connectivity index (χ4v) is 2.74. The van der Waals surface area contributed by atoms with Gasteiger partial charge in [0.05, 0.1) is 6.54 Å². The highest BCUT2D eigenvalue weighted by molar-refractivity contribution is 6.35. The first kappa shape index (κ1) is 15.1. The Morgan fingerprint density at radius 1 is 1.30 bits per heavy atom. The number of benzene rings is 1. The van der Waals surface area contributed by atoms with E-state index in [4.69, 9.17) is 23.2 Å². The highest BCUT2D eigenvalue weighted by Gasteiger charge is 2.44. The number of carbonyl (C=O) groups excluding carboxylic acids is 2. The number of nitrogens with one attached hydrogen (secondary N) is 2. The van der Waals surface area contributed by atoms with Crippen molar-refractivity contribution < 1.29 is 9.59 Å². The fourth-order valence-electron chi connectivity index (χ4n) is 2.19. The van der Waals surface area contributed by atoms with E-state index in [1.54, 1.807) is 12.1 Å². The van der Waals surface area contributed by atoms with Gasteiger partial charge < -0.3 is 10.6 Å². The van der Waals surface area contributed by atoms with Crippen LogP contribution in [0.15, 0.2) is 18.2 Å². The lowest BCUT2D eigenvalue weighted by molar-refractivity contribution is -0.126. The van der Waals surface area contributed by atoms with E-state index in [1.165, 1.54) is 0 Å². The third-order valence-electron chi connectivity index (χ3n) is 3.29. The SMILES string of the molecule is CCNC(=O)CNC(=O)[C@H]1C[C@@H]1c1ccc(Cl)cc1Cl. The van der Waals surface area contributed by atoms with Crippen molar-refractivity contribution in [3.8, 4) is 0 Å². The zero-order chi connectivity index (χ0) is 14.7. The van der Waals surface area contributed by atoms with Gasteiger partial charge in [-0.15, -0.1) is 0 Å². The molecule has 1 fully saturated rings. The Labute approximate surface area is 127 Å². The lowest BCUT2D eigenvalue weighted by Crippen LogP contribution is -2.37. The van der Waals surface area contributed by atoms with Gasteiger partial charge >= 0.3 is 0 Å². The van der Waals surface area contributed by atoms with Crippen molar-refractivity contribution >= 4 is 35.0 Å². The average molecular weight is 315 g/mol. The maximum absolute atomic E-state index is 11.9. The predicted octanol–water partition coefficient (Wildman–Crippen LogP) is 2.35. The van der Waals surface area contributed by atoms with E-state index in [1.807, 2.05) is 13.0 Å². The van der Waals surface area contributed by atoms with Gasteiger partial charge in [-0.25, -0.2) is 0 Å². The summed E-state index contributed by atoms with van der Waals surface area (Å²) >= 11 is 12.0. The molecule has 0 saturated heterocycles. The molecular weight excluding hydrogens is 299 g/mol. The molecular formula is C14H16Cl2N2O2. The Morgan fingerprint density at radius 2 is 2.05 bits per heavy atom. The maximum atomic E-state index is 11.9. The molecule has 1 aliphatic carbocycles. The normalized spacial score (nSPS) is 20.4. The van der Waals surface area contributed by atoms with E-state index in [0.717, 1.165) is 12.0 Å². The summed E-state index contributed by atoms with van der Waals surface area (Å²) < 4.78 is 0. The van der Waals surface area contributed by atoms with Crippen LogP contribution in [-0.2, 0) is 9.59 Å². The number of carbonyl (C=O) groups is 2. The molecule has 0 spiro atoms. The maximum Gasteiger partial charge on any atom is 0.239 e. The van der Waals surface area contributed by atoms with Crippen LogP contribution in [0.3, 0.4) is 0 Å². The van der Waals surface area contributed by atoms with E-state index in [9.17, 15) is 9.59 Å². The van der Waals surface area contributed by atoms with Crippen LogP contribution >= 0.6 is 23.2 Å². The molecule has 1 aliphatic rings. The first-order valence-corrected chi connectivity index (χ1v) is 7.28. The van der Waals surface area contributed by atoms with Crippen LogP contribution in [0.5, 0.6) is 0 Å². The van der Waals surface area contributed by atoms with Crippen LogP contribution in [0.25, 0.3) is 0 Å². The van der Waals surface area contributed by atoms with Gasteiger partial charge in [-0.2, -0.15) is 0 Å². The first-order chi connectivity index (χ1) is 9.52. The summed E-state index contributed by atoms with van der Waals surface area (Å²) in [6.07, 6.45) is 0.753. The zero-order valence-electron chi connectivity index (χ0n) is 11.1. The van der Waals surface area contributed by atoms with Crippen molar-refractivity contribution in [2.24, 2.45) is 5.92 Å². The predicted molar refractivity (Wildman–Crippen MR) is 79.0 cm³/mol. The second-order valence-electron chi connectivity index (χ2n) is 4.79. The van der Waals surface area contributed by atoms with Gasteiger partial charge in [-0.3, -0.25) is 9.59 Å². The highest BCUT2D eigenvalue weighted by Crippen LogP contribution is 2.49. The minimum atomic E-state index is -0.178. The summed E-state index contributed by atoms with van der Waals surface area (Å²) in [7, 11) is 0. The molecule has 0 aliphatic heterocycles. The lowest BCUT2D eigenvalue weighted by Gasteiger charge is -2.06. The van der Waals surface area contributed by atoms with Gasteiger partial charge in [0.2, 0.25) is 11.8 Å². The van der Waals surface area contributed by atoms with Gasteiger partial charge in [-0.1, -0.05) is 29.3 Å². The largest absolute Gasteiger partial charge is 0.355 e. The molecule has 0 heterocycles. The summed E-state index contributed by atoms with van der Waals surface area (Å²) in [6.45, 7) is 2.41. The number of amides is 2. The van der Waals surface area contributed by atoms with Crippen molar-refractivity contribution in [2.75, 3.05) is 13.1 Å². The second-order valence-corrected chi connectivity index (χ2v) is 5.63. The Balaban J connectivity index is 1.88. The van der Waals surface area contributed by atoms with Crippen LogP contribution in [0, 0.1) is 5.92 Å². The van der Waals surface area contributed by atoms with Gasteiger partial charge in [0, 0.05) is 22.5 Å². The van der Waals surface area contributed by atoms with E-state index in [-0.39, 0.29) is 30.2 Å². The highest BCUT2D eigenvalue weighted by atomic mass is 35.5. The van der Waals surface area contributed by atoms with Crippen molar-refractivity contribution in [1.29, 1.82) is 0 Å². The molecule has 2 amide bonds. The van der Waals surface area contributed by atoms with E-state index >= 15 is 0 Å². The Hall–Kier alpha value is -1.26. The molecule has 4 nitrogen and oxygen atoms in total. The fraction of sp³-hybridized carbons (Fsp3) is 0.429. The number of hydrogen-bond donors (Lipinski definition) is 2. The molecule has 1 saturated carbocycles. The summed E-state index contributed by atoms with van der Waals surface area (Å²) in [5, 5.41) is 6.43. The van der Waals surface area contributed by atoms with Crippen LogP contribution in [0.1, 0.15) is 24.8 Å². The average Bonchev–Trinajstić information content (AvgIpc) is 3.16. The van der Waals surface area contributed by atoms with E-state index in [2.05, 4.69) is 10.6 Å². The molecule has 0 unspecified atom stereocenters. The van der Waals surface area contributed by atoms with Crippen LogP contribution in [0.2, 0.25) is 10.0 Å². The van der Waals surface area contributed by atoms with Gasteiger partial charge in [0.1, 0.15) is 0 Å². The molecule has 1 aromatic rings. The topological polar surface area (TPSA) is 58.2 Å². The lowest BCUT2D eigenvalue weighted by atomic mass is 10.1. The number of hydrogen-bond acceptors (Lipinski definition) is 2. The number of rotatable bonds is 5. The van der Waals surface area contributed by atoms with Crippen LogP contribution < -0.4 is 10.6 Å². The first-order valence-electron chi connectivity index (χ1n) is 6.52. The van der Waals surface area contributed by atoms with Gasteiger partial charge in [0.15, 0.2) is 0 Å². The van der Waals surface area contributed by atoms with Crippen molar-refractivity contribution in [3.63, 3.8) is 0 Å². The van der Waals surface area contributed by atoms with Crippen molar-refractivity contribution in [2.45, 2.75) is 19.3 Å².